The first-order chi connectivity index (χ1) is 8.85. The van der Waals surface area contributed by atoms with Gasteiger partial charge in [0.05, 0.1) is 6.42 Å². The average molecular weight is 272 g/mol. The molecule has 1 N–H and O–H groups in total. The Morgan fingerprint density at radius 3 is 2.79 bits per heavy atom. The van der Waals surface area contributed by atoms with E-state index in [2.05, 4.69) is 23.3 Å². The van der Waals surface area contributed by atoms with E-state index in [1.54, 1.807) is 6.92 Å². The Hall–Kier alpha value is -1.23. The summed E-state index contributed by atoms with van der Waals surface area (Å²) in [6, 6.07) is 5.56. The maximum absolute atomic E-state index is 12.2. The van der Waals surface area contributed by atoms with Gasteiger partial charge in [0.1, 0.15) is 0 Å². The second-order valence-corrected chi connectivity index (χ2v) is 5.24. The monoisotopic (exact) mass is 272 g/mol. The number of nitrogens with zero attached hydrogens (tertiary/aromatic N) is 1. The van der Waals surface area contributed by atoms with Gasteiger partial charge in [-0.15, -0.1) is 0 Å². The molecule has 2 rings (SSSR count). The number of hydrogen-bond donors (Lipinski definition) is 1. The molecule has 0 aromatic heterocycles. The molecule has 0 saturated heterocycles. The maximum atomic E-state index is 12.2. The highest BCUT2D eigenvalue weighted by Gasteiger charge is 2.29. The molecular weight excluding hydrogens is 253 g/mol. The van der Waals surface area contributed by atoms with Crippen LogP contribution in [0.4, 0.5) is 18.9 Å². The third-order valence-corrected chi connectivity index (χ3v) is 3.46. The number of anilines is 1. The van der Waals surface area contributed by atoms with Gasteiger partial charge in [-0.2, -0.15) is 13.2 Å². The predicted molar refractivity (Wildman–Crippen MR) is 70.4 cm³/mol. The van der Waals surface area contributed by atoms with Crippen LogP contribution in [0.5, 0.6) is 0 Å². The maximum Gasteiger partial charge on any atom is 0.390 e. The van der Waals surface area contributed by atoms with Crippen molar-refractivity contribution in [1.82, 2.24) is 5.32 Å². The normalized spacial score (nSPS) is 16.6. The lowest BCUT2D eigenvalue weighted by Gasteiger charge is -2.16. The number of fused-ring (bicyclic) bond motifs is 1. The standard InChI is InChI=1S/C14H19F3N2/c1-10(8-14(15,16)17)18-9-11-3-4-13-12(7-11)5-6-19(13)2/h3-4,7,10,18H,5-6,8-9H2,1-2H3. The summed E-state index contributed by atoms with van der Waals surface area (Å²) in [6.07, 6.45) is -3.88. The van der Waals surface area contributed by atoms with Crippen molar-refractivity contribution in [3.8, 4) is 0 Å². The Kier molecular flexibility index (Phi) is 4.04. The van der Waals surface area contributed by atoms with Gasteiger partial charge in [0.15, 0.2) is 0 Å². The number of benzene rings is 1. The largest absolute Gasteiger partial charge is 0.390 e. The molecule has 1 heterocycles. The summed E-state index contributed by atoms with van der Waals surface area (Å²) in [5.41, 5.74) is 3.56. The molecule has 0 radical (unpaired) electrons. The highest BCUT2D eigenvalue weighted by molar-refractivity contribution is 5.58. The minimum absolute atomic E-state index is 0.480. The quantitative estimate of drug-likeness (QED) is 0.906. The fourth-order valence-corrected chi connectivity index (χ4v) is 2.44. The molecule has 5 heteroatoms. The Morgan fingerprint density at radius 2 is 2.11 bits per heavy atom. The summed E-state index contributed by atoms with van der Waals surface area (Å²) in [5.74, 6) is 0. The van der Waals surface area contributed by atoms with E-state index < -0.39 is 18.6 Å². The second kappa shape index (κ2) is 5.41. The Labute approximate surface area is 111 Å². The van der Waals surface area contributed by atoms with Crippen LogP contribution >= 0.6 is 0 Å². The van der Waals surface area contributed by atoms with Crippen molar-refractivity contribution >= 4 is 5.69 Å². The van der Waals surface area contributed by atoms with Gasteiger partial charge in [-0.1, -0.05) is 12.1 Å². The first kappa shape index (κ1) is 14.2. The molecule has 0 fully saturated rings. The van der Waals surface area contributed by atoms with Gasteiger partial charge in [0, 0.05) is 31.9 Å². The van der Waals surface area contributed by atoms with Gasteiger partial charge < -0.3 is 10.2 Å². The molecule has 1 atom stereocenters. The van der Waals surface area contributed by atoms with Crippen LogP contribution in [0.15, 0.2) is 18.2 Å². The van der Waals surface area contributed by atoms with Crippen molar-refractivity contribution in [2.45, 2.75) is 38.5 Å². The number of halogens is 3. The topological polar surface area (TPSA) is 15.3 Å². The highest BCUT2D eigenvalue weighted by atomic mass is 19.4. The fraction of sp³-hybridized carbons (Fsp3) is 0.571. The third kappa shape index (κ3) is 3.86. The van der Waals surface area contributed by atoms with Crippen LogP contribution in [-0.2, 0) is 13.0 Å². The van der Waals surface area contributed by atoms with E-state index in [1.165, 1.54) is 11.3 Å². The van der Waals surface area contributed by atoms with Crippen LogP contribution in [0, 0.1) is 0 Å². The van der Waals surface area contributed by atoms with Crippen LogP contribution in [-0.4, -0.2) is 25.8 Å². The summed E-state index contributed by atoms with van der Waals surface area (Å²) in [7, 11) is 2.05. The summed E-state index contributed by atoms with van der Waals surface area (Å²) in [6.45, 7) is 3.06. The Bertz CT molecular complexity index is 443. The molecule has 106 valence electrons. The molecule has 1 aliphatic heterocycles. The lowest BCUT2D eigenvalue weighted by molar-refractivity contribution is -0.139. The number of nitrogens with one attached hydrogen (secondary N) is 1. The first-order valence-electron chi connectivity index (χ1n) is 6.48. The second-order valence-electron chi connectivity index (χ2n) is 5.24. The summed E-state index contributed by atoms with van der Waals surface area (Å²) >= 11 is 0. The van der Waals surface area contributed by atoms with Crippen LogP contribution in [0.1, 0.15) is 24.5 Å². The zero-order valence-electron chi connectivity index (χ0n) is 11.2. The summed E-state index contributed by atoms with van der Waals surface area (Å²) < 4.78 is 36.6. The number of alkyl halides is 3. The van der Waals surface area contributed by atoms with Gasteiger partial charge in [0.2, 0.25) is 0 Å². The van der Waals surface area contributed by atoms with E-state index >= 15 is 0 Å². The van der Waals surface area contributed by atoms with E-state index in [4.69, 9.17) is 0 Å². The van der Waals surface area contributed by atoms with Gasteiger partial charge in [-0.3, -0.25) is 0 Å². The third-order valence-electron chi connectivity index (χ3n) is 3.46. The molecular formula is C14H19F3N2. The minimum atomic E-state index is -4.10. The highest BCUT2D eigenvalue weighted by Crippen LogP contribution is 2.27. The number of rotatable bonds is 4. The molecule has 0 spiro atoms. The van der Waals surface area contributed by atoms with Gasteiger partial charge in [0.25, 0.3) is 0 Å². The van der Waals surface area contributed by atoms with Gasteiger partial charge >= 0.3 is 6.18 Å². The van der Waals surface area contributed by atoms with E-state index in [0.29, 0.717) is 6.54 Å². The van der Waals surface area contributed by atoms with Gasteiger partial charge in [-0.05, 0) is 30.5 Å². The zero-order chi connectivity index (χ0) is 14.0. The molecule has 0 aliphatic carbocycles. The summed E-state index contributed by atoms with van der Waals surface area (Å²) in [5, 5.41) is 2.92. The molecule has 1 unspecified atom stereocenters. The van der Waals surface area contributed by atoms with Crippen LogP contribution < -0.4 is 10.2 Å². The minimum Gasteiger partial charge on any atom is -0.374 e. The lowest BCUT2D eigenvalue weighted by Crippen LogP contribution is -2.30. The van der Waals surface area contributed by atoms with Crippen LogP contribution in [0.25, 0.3) is 0 Å². The number of hydrogen-bond acceptors (Lipinski definition) is 2. The number of likely N-dealkylation sites (N-methyl/N-ethyl adjacent to an activating group) is 1. The molecule has 0 bridgehead atoms. The lowest BCUT2D eigenvalue weighted by atomic mass is 10.1. The Balaban J connectivity index is 1.90. The van der Waals surface area contributed by atoms with Crippen LogP contribution in [0.3, 0.4) is 0 Å². The Morgan fingerprint density at radius 1 is 1.37 bits per heavy atom. The van der Waals surface area contributed by atoms with Crippen molar-refractivity contribution in [2.24, 2.45) is 0 Å². The van der Waals surface area contributed by atoms with Crippen molar-refractivity contribution < 1.29 is 13.2 Å². The molecule has 2 nitrogen and oxygen atoms in total. The molecule has 1 aromatic carbocycles. The average Bonchev–Trinajstić information content (AvgIpc) is 2.66. The SMILES string of the molecule is CC(CC(F)(F)F)NCc1ccc2c(c1)CCN2C. The van der Waals surface area contributed by atoms with Gasteiger partial charge in [-0.25, -0.2) is 0 Å². The molecule has 1 aromatic rings. The van der Waals surface area contributed by atoms with E-state index in [9.17, 15) is 13.2 Å². The van der Waals surface area contributed by atoms with E-state index in [-0.39, 0.29) is 0 Å². The summed E-state index contributed by atoms with van der Waals surface area (Å²) in [4.78, 5) is 2.19. The fourth-order valence-electron chi connectivity index (χ4n) is 2.44. The molecule has 0 amide bonds. The predicted octanol–water partition coefficient (Wildman–Crippen LogP) is 3.11. The van der Waals surface area contributed by atoms with Crippen LogP contribution in [0.2, 0.25) is 0 Å². The molecule has 19 heavy (non-hydrogen) atoms. The van der Waals surface area contributed by atoms with Crippen molar-refractivity contribution in [3.05, 3.63) is 29.3 Å². The molecule has 0 saturated carbocycles. The first-order valence-corrected chi connectivity index (χ1v) is 6.48. The molecule has 1 aliphatic rings. The zero-order valence-corrected chi connectivity index (χ0v) is 11.2. The van der Waals surface area contributed by atoms with E-state index in [0.717, 1.165) is 18.5 Å². The van der Waals surface area contributed by atoms with Crippen molar-refractivity contribution in [3.63, 3.8) is 0 Å². The van der Waals surface area contributed by atoms with Crippen molar-refractivity contribution in [2.75, 3.05) is 18.5 Å². The smallest absolute Gasteiger partial charge is 0.374 e. The van der Waals surface area contributed by atoms with E-state index in [1.807, 2.05) is 12.1 Å². The van der Waals surface area contributed by atoms with Crippen molar-refractivity contribution in [1.29, 1.82) is 0 Å².